The van der Waals surface area contributed by atoms with E-state index in [-0.39, 0.29) is 19.0 Å². The van der Waals surface area contributed by atoms with Crippen LogP contribution in [0.25, 0.3) is 11.1 Å². The van der Waals surface area contributed by atoms with Crippen molar-refractivity contribution in [3.8, 4) is 0 Å². The van der Waals surface area contributed by atoms with E-state index in [9.17, 15) is 26.4 Å². The van der Waals surface area contributed by atoms with Crippen LogP contribution in [0.5, 0.6) is 0 Å². The molecule has 0 radical (unpaired) electrons. The fourth-order valence-corrected chi connectivity index (χ4v) is 5.99. The highest BCUT2D eigenvalue weighted by Crippen LogP contribution is 2.41. The van der Waals surface area contributed by atoms with Gasteiger partial charge in [0.2, 0.25) is 15.9 Å². The van der Waals surface area contributed by atoms with Gasteiger partial charge in [-0.2, -0.15) is 13.2 Å². The zero-order valence-corrected chi connectivity index (χ0v) is 18.0. The molecule has 2 aromatic heterocycles. The lowest BCUT2D eigenvalue weighted by molar-refractivity contribution is -0.218. The zero-order chi connectivity index (χ0) is 22.6. The van der Waals surface area contributed by atoms with Gasteiger partial charge in [0.15, 0.2) is 5.58 Å². The smallest absolute Gasteiger partial charge is 0.402 e. The molecular weight excluding hydrogens is 435 g/mol. The molecule has 4 heterocycles. The first-order valence-corrected chi connectivity index (χ1v) is 11.6. The highest BCUT2D eigenvalue weighted by Gasteiger charge is 2.57. The average molecular weight is 459 g/mol. The SMILES string of the molecule is CC(C)(C(=O)N1CC(S(=O)(=O)N2CCC(c3coc4cccnc34)CC2)C1)C(F)(F)F. The summed E-state index contributed by atoms with van der Waals surface area (Å²) in [6.07, 6.45) is -0.140. The number of piperidine rings is 1. The second kappa shape index (κ2) is 7.47. The van der Waals surface area contributed by atoms with Gasteiger partial charge in [-0.1, -0.05) is 0 Å². The maximum Gasteiger partial charge on any atom is 0.402 e. The van der Waals surface area contributed by atoms with Gasteiger partial charge in [-0.25, -0.2) is 12.7 Å². The Balaban J connectivity index is 1.37. The first-order chi connectivity index (χ1) is 14.4. The van der Waals surface area contributed by atoms with Gasteiger partial charge in [-0.05, 0) is 44.7 Å². The molecule has 4 rings (SSSR count). The number of hydrogen-bond acceptors (Lipinski definition) is 5. The van der Waals surface area contributed by atoms with Crippen molar-refractivity contribution < 1.29 is 30.8 Å². The van der Waals surface area contributed by atoms with E-state index in [1.54, 1.807) is 18.5 Å². The topological polar surface area (TPSA) is 83.7 Å². The van der Waals surface area contributed by atoms with Crippen molar-refractivity contribution in [1.29, 1.82) is 0 Å². The highest BCUT2D eigenvalue weighted by atomic mass is 32.2. The number of rotatable bonds is 4. The molecule has 0 unspecified atom stereocenters. The summed E-state index contributed by atoms with van der Waals surface area (Å²) in [7, 11) is -3.69. The van der Waals surface area contributed by atoms with E-state index in [4.69, 9.17) is 4.42 Å². The number of pyridine rings is 1. The van der Waals surface area contributed by atoms with Crippen molar-refractivity contribution in [2.24, 2.45) is 5.41 Å². The standard InChI is InChI=1S/C20H24F3N3O4S/c1-19(2,20(21,22)23)18(27)25-10-14(11-25)31(28,29)26-8-5-13(6-9-26)15-12-30-16-4-3-7-24-17(15)16/h3-4,7,12-14H,5-6,8-11H2,1-2H3. The van der Waals surface area contributed by atoms with Crippen LogP contribution >= 0.6 is 0 Å². The summed E-state index contributed by atoms with van der Waals surface area (Å²) in [5.41, 5.74) is -0.109. The van der Waals surface area contributed by atoms with E-state index in [2.05, 4.69) is 4.98 Å². The summed E-state index contributed by atoms with van der Waals surface area (Å²) in [5.74, 6) is -0.973. The summed E-state index contributed by atoms with van der Waals surface area (Å²) in [6, 6.07) is 3.61. The van der Waals surface area contributed by atoms with Crippen LogP contribution in [-0.4, -0.2) is 66.1 Å². The van der Waals surface area contributed by atoms with Gasteiger partial charge in [0.25, 0.3) is 0 Å². The van der Waals surface area contributed by atoms with Gasteiger partial charge in [-0.15, -0.1) is 0 Å². The molecule has 1 amide bonds. The summed E-state index contributed by atoms with van der Waals surface area (Å²) >= 11 is 0. The van der Waals surface area contributed by atoms with Crippen LogP contribution in [0, 0.1) is 5.41 Å². The number of furan rings is 1. The predicted molar refractivity (Wildman–Crippen MR) is 107 cm³/mol. The molecule has 0 spiro atoms. The van der Waals surface area contributed by atoms with Crippen molar-refractivity contribution in [3.63, 3.8) is 0 Å². The minimum Gasteiger partial charge on any atom is -0.462 e. The van der Waals surface area contributed by atoms with E-state index in [0.717, 1.165) is 29.8 Å². The molecule has 2 aliphatic rings. The number of carbonyl (C=O) groups is 1. The second-order valence-electron chi connectivity index (χ2n) is 8.71. The maximum absolute atomic E-state index is 13.1. The maximum atomic E-state index is 13.1. The van der Waals surface area contributed by atoms with Gasteiger partial charge in [0, 0.05) is 37.9 Å². The average Bonchev–Trinajstić information content (AvgIpc) is 3.10. The number of aromatic nitrogens is 1. The Bertz CT molecular complexity index is 1080. The number of nitrogens with zero attached hydrogens (tertiary/aromatic N) is 3. The van der Waals surface area contributed by atoms with Gasteiger partial charge >= 0.3 is 6.18 Å². The fraction of sp³-hybridized carbons (Fsp3) is 0.600. The Labute approximate surface area is 178 Å². The number of amides is 1. The summed E-state index contributed by atoms with van der Waals surface area (Å²) in [6.45, 7) is 1.83. The van der Waals surface area contributed by atoms with Crippen molar-refractivity contribution >= 4 is 27.0 Å². The minimum absolute atomic E-state index is 0.120. The molecule has 2 aliphatic heterocycles. The van der Waals surface area contributed by atoms with Gasteiger partial charge < -0.3 is 9.32 Å². The van der Waals surface area contributed by atoms with Crippen LogP contribution in [0.2, 0.25) is 0 Å². The molecule has 0 N–H and O–H groups in total. The normalized spacial score (nSPS) is 20.2. The van der Waals surface area contributed by atoms with E-state index in [1.807, 2.05) is 6.07 Å². The zero-order valence-electron chi connectivity index (χ0n) is 17.2. The Hall–Kier alpha value is -2.14. The first kappa shape index (κ1) is 22.1. The Kier molecular flexibility index (Phi) is 5.32. The lowest BCUT2D eigenvalue weighted by atomic mass is 9.89. The van der Waals surface area contributed by atoms with E-state index in [0.29, 0.717) is 31.5 Å². The van der Waals surface area contributed by atoms with E-state index >= 15 is 0 Å². The lowest BCUT2D eigenvalue weighted by Crippen LogP contribution is -2.63. The third kappa shape index (κ3) is 3.71. The van der Waals surface area contributed by atoms with Crippen LogP contribution in [-0.2, 0) is 14.8 Å². The van der Waals surface area contributed by atoms with Crippen LogP contribution < -0.4 is 0 Å². The Morgan fingerprint density at radius 3 is 2.45 bits per heavy atom. The van der Waals surface area contributed by atoms with Crippen molar-refractivity contribution in [3.05, 3.63) is 30.2 Å². The quantitative estimate of drug-likeness (QED) is 0.702. The number of alkyl halides is 3. The molecule has 0 aliphatic carbocycles. The number of sulfonamides is 1. The Morgan fingerprint density at radius 1 is 1.19 bits per heavy atom. The van der Waals surface area contributed by atoms with Crippen LogP contribution in [0.15, 0.2) is 29.0 Å². The fourth-order valence-electron chi connectivity index (χ4n) is 4.12. The number of likely N-dealkylation sites (tertiary alicyclic amines) is 1. The molecule has 2 fully saturated rings. The molecule has 170 valence electrons. The van der Waals surface area contributed by atoms with E-state index in [1.165, 1.54) is 4.31 Å². The molecule has 7 nitrogen and oxygen atoms in total. The van der Waals surface area contributed by atoms with E-state index < -0.39 is 32.8 Å². The number of halogens is 3. The predicted octanol–water partition coefficient (Wildman–Crippen LogP) is 3.14. The molecule has 2 saturated heterocycles. The summed E-state index contributed by atoms with van der Waals surface area (Å²) in [4.78, 5) is 17.5. The summed E-state index contributed by atoms with van der Waals surface area (Å²) in [5, 5.41) is -0.867. The van der Waals surface area contributed by atoms with Crippen molar-refractivity contribution in [1.82, 2.24) is 14.2 Å². The molecule has 2 aromatic rings. The van der Waals surface area contributed by atoms with Gasteiger partial charge in [0.1, 0.15) is 16.2 Å². The van der Waals surface area contributed by atoms with Crippen molar-refractivity contribution in [2.75, 3.05) is 26.2 Å². The van der Waals surface area contributed by atoms with Gasteiger partial charge in [-0.3, -0.25) is 9.78 Å². The van der Waals surface area contributed by atoms with Crippen LogP contribution in [0.1, 0.15) is 38.2 Å². The highest BCUT2D eigenvalue weighted by molar-refractivity contribution is 7.89. The van der Waals surface area contributed by atoms with Crippen LogP contribution in [0.4, 0.5) is 13.2 Å². The third-order valence-corrected chi connectivity index (χ3v) is 8.64. The number of carbonyl (C=O) groups excluding carboxylic acids is 1. The molecule has 0 bridgehead atoms. The molecular formula is C20H24F3N3O4S. The second-order valence-corrected chi connectivity index (χ2v) is 10.9. The van der Waals surface area contributed by atoms with Crippen LogP contribution in [0.3, 0.4) is 0 Å². The first-order valence-electron chi connectivity index (χ1n) is 10.1. The molecule has 0 atom stereocenters. The lowest BCUT2D eigenvalue weighted by Gasteiger charge is -2.45. The number of fused-ring (bicyclic) bond motifs is 1. The number of hydrogen-bond donors (Lipinski definition) is 0. The Morgan fingerprint density at radius 2 is 1.84 bits per heavy atom. The van der Waals surface area contributed by atoms with Crippen molar-refractivity contribution in [2.45, 2.75) is 44.0 Å². The largest absolute Gasteiger partial charge is 0.462 e. The van der Waals surface area contributed by atoms with Gasteiger partial charge in [0.05, 0.1) is 6.26 Å². The molecule has 31 heavy (non-hydrogen) atoms. The molecule has 0 saturated carbocycles. The molecule has 11 heteroatoms. The monoisotopic (exact) mass is 459 g/mol. The third-order valence-electron chi connectivity index (χ3n) is 6.41. The minimum atomic E-state index is -4.69. The molecule has 0 aromatic carbocycles. The summed E-state index contributed by atoms with van der Waals surface area (Å²) < 4.78 is 72.0.